The summed E-state index contributed by atoms with van der Waals surface area (Å²) in [6.45, 7) is 1.80. The van der Waals surface area contributed by atoms with Crippen LogP contribution < -0.4 is 10.5 Å². The van der Waals surface area contributed by atoms with Crippen LogP contribution in [0.25, 0.3) is 0 Å². The normalized spacial score (nSPS) is 18.8. The quantitative estimate of drug-likeness (QED) is 0.732. The van der Waals surface area contributed by atoms with Crippen molar-refractivity contribution in [1.82, 2.24) is 0 Å². The van der Waals surface area contributed by atoms with E-state index in [4.69, 9.17) is 10.5 Å². The summed E-state index contributed by atoms with van der Waals surface area (Å²) in [4.78, 5) is 15.8. The average Bonchev–Trinajstić information content (AvgIpc) is 2.60. The molecule has 80 valence electrons. The number of esters is 1. The van der Waals surface area contributed by atoms with E-state index in [1.54, 1.807) is 13.0 Å². The second-order valence-electron chi connectivity index (χ2n) is 3.07. The van der Waals surface area contributed by atoms with Crippen molar-refractivity contribution >= 4 is 28.8 Å². The number of carbonyl (C=O) groups is 1. The minimum Gasteiger partial charge on any atom is -0.471 e. The summed E-state index contributed by atoms with van der Waals surface area (Å²) in [7, 11) is 1.34. The summed E-state index contributed by atoms with van der Waals surface area (Å²) in [5.74, 6) is 0.0242. The van der Waals surface area contributed by atoms with Crippen LogP contribution in [0.4, 0.5) is 5.69 Å². The average molecular weight is 226 g/mol. The lowest BCUT2D eigenvalue weighted by Crippen LogP contribution is -2.32. The molecule has 1 unspecified atom stereocenters. The van der Waals surface area contributed by atoms with Gasteiger partial charge in [0.05, 0.1) is 7.11 Å². The van der Waals surface area contributed by atoms with Gasteiger partial charge in [0.2, 0.25) is 5.06 Å². The Labute approximate surface area is 90.5 Å². The largest absolute Gasteiger partial charge is 0.471 e. The number of nitrogens with zero attached hydrogens (tertiary/aromatic N) is 1. The molecule has 1 aromatic heterocycles. The van der Waals surface area contributed by atoms with Gasteiger partial charge >= 0.3 is 5.97 Å². The maximum absolute atomic E-state index is 11.2. The first-order valence-electron chi connectivity index (χ1n) is 4.34. The molecule has 2 rings (SSSR count). The zero-order chi connectivity index (χ0) is 11.0. The number of thiophene rings is 1. The van der Waals surface area contributed by atoms with Crippen molar-refractivity contribution in [3.63, 3.8) is 0 Å². The zero-order valence-corrected chi connectivity index (χ0v) is 9.13. The van der Waals surface area contributed by atoms with E-state index in [1.165, 1.54) is 18.4 Å². The predicted octanol–water partition coefficient (Wildman–Crippen LogP) is 1.30. The molecule has 5 nitrogen and oxygen atoms in total. The summed E-state index contributed by atoms with van der Waals surface area (Å²) < 4.78 is 10.1. The summed E-state index contributed by atoms with van der Waals surface area (Å²) >= 11 is 1.21. The van der Waals surface area contributed by atoms with Crippen molar-refractivity contribution < 1.29 is 14.3 Å². The van der Waals surface area contributed by atoms with Crippen molar-refractivity contribution in [2.75, 3.05) is 7.11 Å². The van der Waals surface area contributed by atoms with Gasteiger partial charge in [-0.05, 0) is 13.0 Å². The van der Waals surface area contributed by atoms with Gasteiger partial charge in [-0.15, -0.1) is 0 Å². The van der Waals surface area contributed by atoms with E-state index in [2.05, 4.69) is 9.73 Å². The number of fused-ring (bicyclic) bond motifs is 1. The molecule has 0 saturated heterocycles. The first-order valence-corrected chi connectivity index (χ1v) is 5.16. The minimum absolute atomic E-state index is 0.248. The van der Waals surface area contributed by atoms with Gasteiger partial charge in [-0.3, -0.25) is 0 Å². The molecular formula is C9H10N2O3S. The van der Waals surface area contributed by atoms with Crippen LogP contribution in [0.15, 0.2) is 11.1 Å². The number of nitrogens with two attached hydrogens (primary N) is 1. The van der Waals surface area contributed by atoms with Crippen molar-refractivity contribution in [3.8, 4) is 5.06 Å². The van der Waals surface area contributed by atoms with Gasteiger partial charge < -0.3 is 15.2 Å². The molecule has 1 aliphatic heterocycles. The highest BCUT2D eigenvalue weighted by Crippen LogP contribution is 2.40. The number of rotatable bonds is 1. The third-order valence-electron chi connectivity index (χ3n) is 2.02. The van der Waals surface area contributed by atoms with Gasteiger partial charge in [0.15, 0.2) is 6.10 Å². The molecule has 0 saturated carbocycles. The summed E-state index contributed by atoms with van der Waals surface area (Å²) in [6.07, 6.45) is -0.248. The van der Waals surface area contributed by atoms with Crippen molar-refractivity contribution in [2.45, 2.75) is 13.0 Å². The highest BCUT2D eigenvalue weighted by Gasteiger charge is 2.23. The SMILES string of the molecule is COC(=O)c1cc2c(s1)OC(C)C(N)=N2. The summed E-state index contributed by atoms with van der Waals surface area (Å²) in [5, 5.41) is 0.608. The molecule has 2 heterocycles. The monoisotopic (exact) mass is 226 g/mol. The first kappa shape index (κ1) is 9.97. The van der Waals surface area contributed by atoms with Gasteiger partial charge in [-0.2, -0.15) is 0 Å². The fraction of sp³-hybridized carbons (Fsp3) is 0.333. The molecule has 1 aliphatic rings. The van der Waals surface area contributed by atoms with Gasteiger partial charge in [-0.25, -0.2) is 9.79 Å². The second kappa shape index (κ2) is 3.54. The molecule has 1 atom stereocenters. The number of hydrogen-bond acceptors (Lipinski definition) is 6. The molecule has 0 bridgehead atoms. The maximum atomic E-state index is 11.2. The highest BCUT2D eigenvalue weighted by atomic mass is 32.1. The van der Waals surface area contributed by atoms with E-state index in [0.717, 1.165) is 0 Å². The molecule has 1 aromatic rings. The molecule has 0 aliphatic carbocycles. The van der Waals surface area contributed by atoms with Crippen LogP contribution in [-0.4, -0.2) is 25.0 Å². The lowest BCUT2D eigenvalue weighted by Gasteiger charge is -2.17. The number of amidine groups is 1. The topological polar surface area (TPSA) is 73.9 Å². The standard InChI is InChI=1S/C9H10N2O3S/c1-4-7(10)11-5-3-6(8(12)13-2)15-9(5)14-4/h3-4H,1-2H3,(H2,10,11). The smallest absolute Gasteiger partial charge is 0.348 e. The van der Waals surface area contributed by atoms with E-state index in [-0.39, 0.29) is 12.1 Å². The number of hydrogen-bond donors (Lipinski definition) is 1. The van der Waals surface area contributed by atoms with E-state index in [1.807, 2.05) is 0 Å². The zero-order valence-electron chi connectivity index (χ0n) is 8.31. The van der Waals surface area contributed by atoms with Crippen LogP contribution >= 0.6 is 11.3 Å². The third kappa shape index (κ3) is 1.68. The fourth-order valence-corrected chi connectivity index (χ4v) is 2.12. The number of aliphatic imine (C=N–C) groups is 1. The molecular weight excluding hydrogens is 216 g/mol. The van der Waals surface area contributed by atoms with Crippen molar-refractivity contribution in [2.24, 2.45) is 10.7 Å². The second-order valence-corrected chi connectivity index (χ2v) is 4.09. The molecule has 0 radical (unpaired) electrons. The Bertz CT molecular complexity index is 439. The van der Waals surface area contributed by atoms with Gasteiger partial charge in [-0.1, -0.05) is 11.3 Å². The highest BCUT2D eigenvalue weighted by molar-refractivity contribution is 7.16. The van der Waals surface area contributed by atoms with Crippen molar-refractivity contribution in [3.05, 3.63) is 10.9 Å². The maximum Gasteiger partial charge on any atom is 0.348 e. The molecule has 0 fully saturated rings. The number of ether oxygens (including phenoxy) is 2. The van der Waals surface area contributed by atoms with Crippen LogP contribution in [0, 0.1) is 0 Å². The van der Waals surface area contributed by atoms with Crippen LogP contribution in [0.2, 0.25) is 0 Å². The van der Waals surface area contributed by atoms with Gasteiger partial charge in [0, 0.05) is 0 Å². The van der Waals surface area contributed by atoms with Crippen molar-refractivity contribution in [1.29, 1.82) is 0 Å². The lowest BCUT2D eigenvalue weighted by atomic mass is 10.3. The van der Waals surface area contributed by atoms with Crippen LogP contribution in [-0.2, 0) is 4.74 Å². The summed E-state index contributed by atoms with van der Waals surface area (Å²) in [6, 6.07) is 1.62. The van der Waals surface area contributed by atoms with E-state index >= 15 is 0 Å². The molecule has 6 heteroatoms. The molecule has 2 N–H and O–H groups in total. The Hall–Kier alpha value is -1.56. The number of carbonyl (C=O) groups excluding carboxylic acids is 1. The van der Waals surface area contributed by atoms with E-state index < -0.39 is 0 Å². The Morgan fingerprint density at radius 1 is 1.73 bits per heavy atom. The Kier molecular flexibility index (Phi) is 2.36. The third-order valence-corrected chi connectivity index (χ3v) is 3.01. The van der Waals surface area contributed by atoms with E-state index in [0.29, 0.717) is 21.5 Å². The van der Waals surface area contributed by atoms with Crippen LogP contribution in [0.1, 0.15) is 16.6 Å². The first-order chi connectivity index (χ1) is 7.11. The minimum atomic E-state index is -0.389. The Morgan fingerprint density at radius 3 is 3.13 bits per heavy atom. The molecule has 0 spiro atoms. The van der Waals surface area contributed by atoms with E-state index in [9.17, 15) is 4.79 Å². The molecule has 0 aromatic carbocycles. The molecule has 15 heavy (non-hydrogen) atoms. The van der Waals surface area contributed by atoms with Crippen LogP contribution in [0.5, 0.6) is 5.06 Å². The summed E-state index contributed by atoms with van der Waals surface area (Å²) in [5.41, 5.74) is 6.22. The Morgan fingerprint density at radius 2 is 2.47 bits per heavy atom. The van der Waals surface area contributed by atoms with Gasteiger partial charge in [0.25, 0.3) is 0 Å². The molecule has 0 amide bonds. The predicted molar refractivity (Wildman–Crippen MR) is 57.0 cm³/mol. The lowest BCUT2D eigenvalue weighted by molar-refractivity contribution is 0.0606. The Balaban J connectivity index is 2.38. The van der Waals surface area contributed by atoms with Gasteiger partial charge in [0.1, 0.15) is 16.4 Å². The number of methoxy groups -OCH3 is 1. The van der Waals surface area contributed by atoms with Crippen LogP contribution in [0.3, 0.4) is 0 Å². The fourth-order valence-electron chi connectivity index (χ4n) is 1.18.